The van der Waals surface area contributed by atoms with E-state index in [-0.39, 0.29) is 53.6 Å². The standard InChI is InChI=1S/C45H66N4O8.C2H6/c1-5-8-9-10-11-12-13-14-15-16-17-18-19-30-43(54)48-37(31-39(50)33-26-20-22-28-35(33)46-41(52)24-6-2)44(55)49-38(45(56)57-4)32-40(51)34-27-21-23-29-36(34)47-42(53)25-7-3;1-2/h20-23,26-29,37-38H,5-19,24-25,30-32H2,1-4H3,(H,46,52)(H,47,53)(H,48,54)(H,49,55);1-2H3. The van der Waals surface area contributed by atoms with Gasteiger partial charge in [0, 0.05) is 43.2 Å². The number of Topliss-reactive ketones (excluding diaryl/α,β-unsaturated/α-hetero) is 2. The number of anilines is 2. The van der Waals surface area contributed by atoms with Gasteiger partial charge in [0.15, 0.2) is 11.6 Å². The first kappa shape index (κ1) is 52.1. The number of ether oxygens (including phenoxy) is 1. The first-order chi connectivity index (χ1) is 28.5. The molecule has 2 unspecified atom stereocenters. The van der Waals surface area contributed by atoms with Crippen LogP contribution >= 0.6 is 0 Å². The monoisotopic (exact) mass is 821 g/mol. The van der Waals surface area contributed by atoms with E-state index in [1.165, 1.54) is 63.5 Å². The molecule has 59 heavy (non-hydrogen) atoms. The van der Waals surface area contributed by atoms with E-state index in [0.29, 0.717) is 19.3 Å². The molecule has 0 aliphatic carbocycles. The number of para-hydroxylation sites is 2. The van der Waals surface area contributed by atoms with Gasteiger partial charge in [-0.3, -0.25) is 28.8 Å². The van der Waals surface area contributed by atoms with Gasteiger partial charge in [-0.25, -0.2) is 4.79 Å². The fraction of sp³-hybridized carbons (Fsp3) is 0.596. The predicted octanol–water partition coefficient (Wildman–Crippen LogP) is 9.66. The third-order valence-corrected chi connectivity index (χ3v) is 9.70. The van der Waals surface area contributed by atoms with Crippen LogP contribution in [0.15, 0.2) is 48.5 Å². The topological polar surface area (TPSA) is 177 Å². The fourth-order valence-corrected chi connectivity index (χ4v) is 6.53. The summed E-state index contributed by atoms with van der Waals surface area (Å²) in [6.45, 7) is 9.94. The lowest BCUT2D eigenvalue weighted by molar-refractivity contribution is -0.145. The maximum Gasteiger partial charge on any atom is 0.328 e. The Labute approximate surface area is 353 Å². The minimum atomic E-state index is -1.47. The van der Waals surface area contributed by atoms with Gasteiger partial charge in [-0.1, -0.05) is 136 Å². The highest BCUT2D eigenvalue weighted by molar-refractivity contribution is 6.08. The van der Waals surface area contributed by atoms with E-state index in [1.807, 2.05) is 27.7 Å². The lowest BCUT2D eigenvalue weighted by atomic mass is 9.99. The molecule has 0 saturated carbocycles. The van der Waals surface area contributed by atoms with Crippen LogP contribution in [-0.4, -0.2) is 60.4 Å². The number of hydrogen-bond acceptors (Lipinski definition) is 8. The van der Waals surface area contributed by atoms with Crippen LogP contribution in [0.5, 0.6) is 0 Å². The van der Waals surface area contributed by atoms with Crippen LogP contribution in [0.2, 0.25) is 0 Å². The Balaban J connectivity index is 0.00000856. The van der Waals surface area contributed by atoms with E-state index in [9.17, 15) is 33.6 Å². The number of hydrogen-bond donors (Lipinski definition) is 4. The summed E-state index contributed by atoms with van der Waals surface area (Å²) in [4.78, 5) is 92.1. The van der Waals surface area contributed by atoms with Crippen molar-refractivity contribution in [3.63, 3.8) is 0 Å². The first-order valence-electron chi connectivity index (χ1n) is 22.1. The summed E-state index contributed by atoms with van der Waals surface area (Å²) in [6.07, 6.45) is 15.8. The van der Waals surface area contributed by atoms with Crippen LogP contribution in [-0.2, 0) is 28.7 Å². The van der Waals surface area contributed by atoms with Gasteiger partial charge in [-0.15, -0.1) is 0 Å². The summed E-state index contributed by atoms with van der Waals surface area (Å²) in [5, 5.41) is 10.7. The van der Waals surface area contributed by atoms with E-state index >= 15 is 0 Å². The SMILES string of the molecule is CC.CCCCCCCCCCCCCCCC(=O)NC(CC(=O)c1ccccc1NC(=O)CCC)C(=O)NC(CC(=O)c1ccccc1NC(=O)CCC)C(=O)OC. The number of rotatable bonds is 30. The summed E-state index contributed by atoms with van der Waals surface area (Å²) in [6, 6.07) is 9.90. The van der Waals surface area contributed by atoms with Crippen LogP contribution < -0.4 is 21.3 Å². The average molecular weight is 821 g/mol. The number of benzene rings is 2. The number of esters is 1. The average Bonchev–Trinajstić information content (AvgIpc) is 3.22. The number of ketones is 2. The third-order valence-electron chi connectivity index (χ3n) is 9.70. The summed E-state index contributed by atoms with van der Waals surface area (Å²) in [5.41, 5.74) is 0.849. The Morgan fingerprint density at radius 3 is 1.32 bits per heavy atom. The van der Waals surface area contributed by atoms with Gasteiger partial charge in [-0.2, -0.15) is 0 Å². The van der Waals surface area contributed by atoms with Crippen molar-refractivity contribution in [2.24, 2.45) is 0 Å². The largest absolute Gasteiger partial charge is 0.467 e. The molecule has 0 aliphatic heterocycles. The normalized spacial score (nSPS) is 11.6. The van der Waals surface area contributed by atoms with E-state index < -0.39 is 54.3 Å². The molecule has 12 nitrogen and oxygen atoms in total. The van der Waals surface area contributed by atoms with Crippen molar-refractivity contribution >= 4 is 52.5 Å². The summed E-state index contributed by atoms with van der Waals surface area (Å²) in [5.74, 6) is -3.81. The number of carbonyl (C=O) groups is 7. The van der Waals surface area contributed by atoms with Crippen molar-refractivity contribution in [1.29, 1.82) is 0 Å². The Morgan fingerprint density at radius 1 is 0.492 bits per heavy atom. The van der Waals surface area contributed by atoms with Crippen LogP contribution in [0.3, 0.4) is 0 Å². The lowest BCUT2D eigenvalue weighted by Gasteiger charge is -2.22. The number of amides is 4. The van der Waals surface area contributed by atoms with Crippen molar-refractivity contribution in [1.82, 2.24) is 10.6 Å². The maximum absolute atomic E-state index is 13.9. The van der Waals surface area contributed by atoms with Crippen LogP contribution in [0.25, 0.3) is 0 Å². The van der Waals surface area contributed by atoms with Crippen molar-refractivity contribution in [3.05, 3.63) is 59.7 Å². The van der Waals surface area contributed by atoms with Crippen molar-refractivity contribution in [3.8, 4) is 0 Å². The second-order valence-electron chi connectivity index (χ2n) is 14.6. The van der Waals surface area contributed by atoms with E-state index in [4.69, 9.17) is 4.74 Å². The molecule has 0 aliphatic rings. The van der Waals surface area contributed by atoms with E-state index in [2.05, 4.69) is 28.2 Å². The minimum Gasteiger partial charge on any atom is -0.467 e. The van der Waals surface area contributed by atoms with Crippen molar-refractivity contribution in [2.75, 3.05) is 17.7 Å². The van der Waals surface area contributed by atoms with Gasteiger partial charge in [0.05, 0.1) is 18.5 Å². The van der Waals surface area contributed by atoms with Gasteiger partial charge in [-0.05, 0) is 43.5 Å². The third kappa shape index (κ3) is 21.6. The molecule has 2 aromatic carbocycles. The van der Waals surface area contributed by atoms with Crippen molar-refractivity contribution < 1.29 is 38.3 Å². The zero-order valence-corrected chi connectivity index (χ0v) is 36.7. The molecule has 0 bridgehead atoms. The molecule has 4 N–H and O–H groups in total. The van der Waals surface area contributed by atoms with Gasteiger partial charge in [0.1, 0.15) is 12.1 Å². The number of carbonyl (C=O) groups excluding carboxylic acids is 7. The molecule has 2 rings (SSSR count). The molecule has 2 atom stereocenters. The summed E-state index contributed by atoms with van der Waals surface area (Å²) >= 11 is 0. The van der Waals surface area contributed by atoms with Crippen LogP contribution in [0.1, 0.15) is 184 Å². The maximum atomic E-state index is 13.9. The lowest BCUT2D eigenvalue weighted by Crippen LogP contribution is -2.53. The van der Waals surface area contributed by atoms with Crippen LogP contribution in [0, 0.1) is 0 Å². The predicted molar refractivity (Wildman–Crippen MR) is 235 cm³/mol. The second-order valence-corrected chi connectivity index (χ2v) is 14.6. The van der Waals surface area contributed by atoms with E-state index in [0.717, 1.165) is 32.8 Å². The Morgan fingerprint density at radius 2 is 0.898 bits per heavy atom. The van der Waals surface area contributed by atoms with Gasteiger partial charge in [0.25, 0.3) is 0 Å². The summed E-state index contributed by atoms with van der Waals surface area (Å²) < 4.78 is 4.92. The molecule has 328 valence electrons. The van der Waals surface area contributed by atoms with E-state index in [1.54, 1.807) is 36.4 Å². The van der Waals surface area contributed by atoms with Gasteiger partial charge >= 0.3 is 5.97 Å². The highest BCUT2D eigenvalue weighted by Gasteiger charge is 2.32. The molecule has 0 heterocycles. The Hall–Kier alpha value is -4.87. The van der Waals surface area contributed by atoms with Gasteiger partial charge < -0.3 is 26.0 Å². The molecule has 12 heteroatoms. The number of unbranched alkanes of at least 4 members (excludes halogenated alkanes) is 12. The first-order valence-corrected chi connectivity index (χ1v) is 22.1. The Kier molecular flexibility index (Phi) is 28.3. The summed E-state index contributed by atoms with van der Waals surface area (Å²) in [7, 11) is 1.12. The minimum absolute atomic E-state index is 0.138. The zero-order valence-electron chi connectivity index (χ0n) is 36.7. The molecule has 4 amide bonds. The molecule has 0 saturated heterocycles. The molecular formula is C47H72N4O8. The smallest absolute Gasteiger partial charge is 0.328 e. The molecular weight excluding hydrogens is 749 g/mol. The molecule has 2 aromatic rings. The van der Waals surface area contributed by atoms with Crippen LogP contribution in [0.4, 0.5) is 11.4 Å². The zero-order chi connectivity index (χ0) is 43.8. The van der Waals surface area contributed by atoms with Gasteiger partial charge in [0.2, 0.25) is 23.6 Å². The fourth-order valence-electron chi connectivity index (χ4n) is 6.53. The molecule has 0 spiro atoms. The molecule has 0 aromatic heterocycles. The highest BCUT2D eigenvalue weighted by Crippen LogP contribution is 2.21. The quantitative estimate of drug-likeness (QED) is 0.0342. The number of nitrogens with one attached hydrogen (secondary N) is 4. The Bertz CT molecular complexity index is 1590. The second kappa shape index (κ2) is 32.0. The van der Waals surface area contributed by atoms with Crippen molar-refractivity contribution in [2.45, 2.75) is 175 Å². The molecule has 0 radical (unpaired) electrons. The number of methoxy groups -OCH3 is 1. The highest BCUT2D eigenvalue weighted by atomic mass is 16.5. The molecule has 0 fully saturated rings.